The Labute approximate surface area is 228 Å². The molecule has 5 rings (SSSR count). The molecule has 38 heavy (non-hydrogen) atoms. The number of hydrogen-bond acceptors (Lipinski definition) is 3. The number of rotatable bonds is 6. The summed E-state index contributed by atoms with van der Waals surface area (Å²) in [5.41, 5.74) is 4.55. The van der Waals surface area contributed by atoms with Crippen LogP contribution in [0.2, 0.25) is 0 Å². The summed E-state index contributed by atoms with van der Waals surface area (Å²) < 4.78 is 0.854. The van der Waals surface area contributed by atoms with Crippen molar-refractivity contribution >= 4 is 34.2 Å². The molecule has 2 amide bonds. The maximum absolute atomic E-state index is 14.3. The fraction of sp³-hybridized carbons (Fsp3) is 0.167. The molecule has 2 N–H and O–H groups in total. The van der Waals surface area contributed by atoms with Crippen LogP contribution in [0.4, 0.5) is 4.79 Å². The number of amides is 2. The van der Waals surface area contributed by atoms with Gasteiger partial charge in [0.25, 0.3) is 5.91 Å². The summed E-state index contributed by atoms with van der Waals surface area (Å²) in [4.78, 5) is 44.5. The molecule has 0 radical (unpaired) electrons. The van der Waals surface area contributed by atoms with Gasteiger partial charge in [-0.15, -0.1) is 0 Å². The molecule has 1 fully saturated rings. The van der Waals surface area contributed by atoms with Crippen LogP contribution in [0.15, 0.2) is 89.4 Å². The Kier molecular flexibility index (Phi) is 7.42. The highest BCUT2D eigenvalue weighted by atomic mass is 79.9. The first-order valence-electron chi connectivity index (χ1n) is 12.3. The van der Waals surface area contributed by atoms with E-state index in [1.54, 1.807) is 4.90 Å². The number of piperazine rings is 1. The quantitative estimate of drug-likeness (QED) is 0.279. The second-order valence-corrected chi connectivity index (χ2v) is 10.1. The topological polar surface area (TPSA) is 93.7 Å². The molecule has 7 nitrogen and oxygen atoms in total. The second kappa shape index (κ2) is 11.1. The summed E-state index contributed by atoms with van der Waals surface area (Å²) in [6.45, 7) is 0.668. The lowest BCUT2D eigenvalue weighted by molar-refractivity contribution is 0.0447. The first kappa shape index (κ1) is 25.5. The van der Waals surface area contributed by atoms with Crippen molar-refractivity contribution in [2.75, 3.05) is 19.6 Å². The highest BCUT2D eigenvalue weighted by Crippen LogP contribution is 2.39. The second-order valence-electron chi connectivity index (χ2n) is 9.23. The summed E-state index contributed by atoms with van der Waals surface area (Å²) in [6, 6.07) is 26.5. The van der Waals surface area contributed by atoms with E-state index in [1.165, 1.54) is 4.90 Å². The van der Waals surface area contributed by atoms with E-state index in [2.05, 4.69) is 20.9 Å². The lowest BCUT2D eigenvalue weighted by Gasteiger charge is -2.40. The van der Waals surface area contributed by atoms with Crippen molar-refractivity contribution in [2.45, 2.75) is 12.5 Å². The zero-order valence-electron chi connectivity index (χ0n) is 20.5. The first-order valence-corrected chi connectivity index (χ1v) is 13.1. The van der Waals surface area contributed by atoms with Gasteiger partial charge in [0.05, 0.1) is 11.7 Å². The maximum Gasteiger partial charge on any atom is 0.407 e. The fourth-order valence-corrected chi connectivity index (χ4v) is 5.51. The highest BCUT2D eigenvalue weighted by Gasteiger charge is 2.36. The molecule has 4 aromatic rings. The van der Waals surface area contributed by atoms with E-state index in [0.717, 1.165) is 27.4 Å². The smallest absolute Gasteiger partial charge is 0.407 e. The number of H-pyrrole nitrogens is 1. The van der Waals surface area contributed by atoms with Gasteiger partial charge in [0, 0.05) is 35.2 Å². The van der Waals surface area contributed by atoms with Gasteiger partial charge >= 0.3 is 6.09 Å². The number of halogens is 1. The standard InChI is InChI=1S/C30H26BrN3O4/c31-23-13-7-12-22(17-23)26-25(19-35)32-28(27(26)21-10-5-2-6-11-21)29(36)34-15-14-33(30(37)38)18-24(34)16-20-8-3-1-4-9-20/h1-13,17,19,24,32H,14-16,18H2,(H,37,38)/t24-/m1/s1. The van der Waals surface area contributed by atoms with Crippen LogP contribution in [-0.4, -0.2) is 63.9 Å². The van der Waals surface area contributed by atoms with Gasteiger partial charge in [-0.25, -0.2) is 4.79 Å². The SMILES string of the molecule is O=Cc1[nH]c(C(=O)N2CCN(C(=O)O)C[C@H]2Cc2ccccc2)c(-c2ccccc2)c1-c1cccc(Br)c1. The van der Waals surface area contributed by atoms with Gasteiger partial charge in [-0.1, -0.05) is 88.7 Å². The van der Waals surface area contributed by atoms with Crippen molar-refractivity contribution in [2.24, 2.45) is 0 Å². The highest BCUT2D eigenvalue weighted by molar-refractivity contribution is 9.10. The molecule has 1 atom stereocenters. The zero-order chi connectivity index (χ0) is 26.6. The lowest BCUT2D eigenvalue weighted by atomic mass is 9.94. The van der Waals surface area contributed by atoms with Crippen LogP contribution in [0.3, 0.4) is 0 Å². The Balaban J connectivity index is 1.62. The Morgan fingerprint density at radius 1 is 0.921 bits per heavy atom. The average Bonchev–Trinajstić information content (AvgIpc) is 3.33. The van der Waals surface area contributed by atoms with Crippen LogP contribution >= 0.6 is 15.9 Å². The predicted molar refractivity (Wildman–Crippen MR) is 149 cm³/mol. The Hall–Kier alpha value is -4.17. The molecule has 0 saturated carbocycles. The number of nitrogens with zero attached hydrogens (tertiary/aromatic N) is 2. The van der Waals surface area contributed by atoms with Crippen LogP contribution in [0.5, 0.6) is 0 Å². The molecule has 0 unspecified atom stereocenters. The van der Waals surface area contributed by atoms with E-state index < -0.39 is 6.09 Å². The van der Waals surface area contributed by atoms with Crippen molar-refractivity contribution in [3.05, 3.63) is 106 Å². The summed E-state index contributed by atoms with van der Waals surface area (Å²) in [5.74, 6) is -0.265. The van der Waals surface area contributed by atoms with Crippen LogP contribution in [0.25, 0.3) is 22.3 Å². The molecular formula is C30H26BrN3O4. The molecular weight excluding hydrogens is 546 g/mol. The minimum Gasteiger partial charge on any atom is -0.465 e. The minimum absolute atomic E-state index is 0.205. The molecule has 1 saturated heterocycles. The number of nitrogens with one attached hydrogen (secondary N) is 1. The number of benzene rings is 3. The molecule has 1 aromatic heterocycles. The van der Waals surface area contributed by atoms with Crippen LogP contribution in [0.1, 0.15) is 26.5 Å². The van der Waals surface area contributed by atoms with Gasteiger partial charge in [0.2, 0.25) is 0 Å². The monoisotopic (exact) mass is 571 g/mol. The largest absolute Gasteiger partial charge is 0.465 e. The molecule has 0 aliphatic carbocycles. The van der Waals surface area contributed by atoms with Gasteiger partial charge in [-0.2, -0.15) is 0 Å². The number of hydrogen-bond donors (Lipinski definition) is 2. The van der Waals surface area contributed by atoms with Crippen LogP contribution in [-0.2, 0) is 6.42 Å². The number of carbonyl (C=O) groups excluding carboxylic acids is 2. The van der Waals surface area contributed by atoms with E-state index in [9.17, 15) is 19.5 Å². The molecule has 1 aliphatic rings. The Morgan fingerprint density at radius 3 is 2.26 bits per heavy atom. The van der Waals surface area contributed by atoms with Crippen LogP contribution < -0.4 is 0 Å². The average molecular weight is 572 g/mol. The van der Waals surface area contributed by atoms with Crippen LogP contribution in [0, 0.1) is 0 Å². The van der Waals surface area contributed by atoms with Crippen molar-refractivity contribution in [3.63, 3.8) is 0 Å². The molecule has 2 heterocycles. The lowest BCUT2D eigenvalue weighted by Crippen LogP contribution is -2.57. The minimum atomic E-state index is -1.000. The van der Waals surface area contributed by atoms with Crippen molar-refractivity contribution in [1.82, 2.24) is 14.8 Å². The molecule has 1 aliphatic heterocycles. The number of aromatic amines is 1. The van der Waals surface area contributed by atoms with E-state index >= 15 is 0 Å². The molecule has 0 bridgehead atoms. The van der Waals surface area contributed by atoms with Gasteiger partial charge in [-0.05, 0) is 35.2 Å². The molecule has 3 aromatic carbocycles. The van der Waals surface area contributed by atoms with Gasteiger partial charge < -0.3 is 19.9 Å². The molecule has 0 spiro atoms. The van der Waals surface area contributed by atoms with E-state index in [4.69, 9.17) is 0 Å². The van der Waals surface area contributed by atoms with Gasteiger partial charge in [0.15, 0.2) is 6.29 Å². The molecule has 192 valence electrons. The van der Waals surface area contributed by atoms with Crippen molar-refractivity contribution < 1.29 is 19.5 Å². The van der Waals surface area contributed by atoms with Gasteiger partial charge in [0.1, 0.15) is 5.69 Å². The van der Waals surface area contributed by atoms with E-state index in [0.29, 0.717) is 28.9 Å². The number of carboxylic acid groups (broad SMARTS) is 1. The van der Waals surface area contributed by atoms with E-state index in [1.807, 2.05) is 84.9 Å². The first-order chi connectivity index (χ1) is 18.5. The molecule has 8 heteroatoms. The van der Waals surface area contributed by atoms with Crippen molar-refractivity contribution in [1.29, 1.82) is 0 Å². The third-order valence-corrected chi connectivity index (χ3v) is 7.36. The van der Waals surface area contributed by atoms with E-state index in [-0.39, 0.29) is 31.6 Å². The number of aldehydes is 1. The Bertz CT molecular complexity index is 1470. The fourth-order valence-electron chi connectivity index (χ4n) is 5.11. The Morgan fingerprint density at radius 2 is 1.61 bits per heavy atom. The maximum atomic E-state index is 14.3. The summed E-state index contributed by atoms with van der Waals surface area (Å²) >= 11 is 3.52. The van der Waals surface area contributed by atoms with Gasteiger partial charge in [-0.3, -0.25) is 9.59 Å². The number of aromatic nitrogens is 1. The summed E-state index contributed by atoms with van der Waals surface area (Å²) in [5, 5.41) is 9.65. The third kappa shape index (κ3) is 5.13. The summed E-state index contributed by atoms with van der Waals surface area (Å²) in [7, 11) is 0. The number of carbonyl (C=O) groups is 3. The predicted octanol–water partition coefficient (Wildman–Crippen LogP) is 5.97. The normalized spacial score (nSPS) is 15.3. The zero-order valence-corrected chi connectivity index (χ0v) is 22.1. The summed E-state index contributed by atoms with van der Waals surface area (Å²) in [6.07, 6.45) is 0.250. The van der Waals surface area contributed by atoms with Crippen molar-refractivity contribution in [3.8, 4) is 22.3 Å². The third-order valence-electron chi connectivity index (χ3n) is 6.86.